The van der Waals surface area contributed by atoms with Crippen molar-refractivity contribution in [2.24, 2.45) is 0 Å². The summed E-state index contributed by atoms with van der Waals surface area (Å²) in [7, 11) is 0. The van der Waals surface area contributed by atoms with Gasteiger partial charge in [0.2, 0.25) is 0 Å². The first-order valence-electron chi connectivity index (χ1n) is 8.85. The summed E-state index contributed by atoms with van der Waals surface area (Å²) >= 11 is 0. The monoisotopic (exact) mass is 350 g/mol. The molecule has 1 aliphatic rings. The van der Waals surface area contributed by atoms with Crippen molar-refractivity contribution in [2.45, 2.75) is 24.9 Å². The highest BCUT2D eigenvalue weighted by Gasteiger charge is 2.42. The largest absolute Gasteiger partial charge is 0.321 e. The van der Waals surface area contributed by atoms with Crippen LogP contribution in [0.3, 0.4) is 0 Å². The average Bonchev–Trinajstić information content (AvgIpc) is 3.36. The Balaban J connectivity index is 1.50. The Morgan fingerprint density at radius 1 is 1.15 bits per heavy atom. The van der Waals surface area contributed by atoms with Gasteiger partial charge in [-0.15, -0.1) is 0 Å². The number of rotatable bonds is 5. The number of nitrogens with one attached hydrogen (secondary N) is 2. The van der Waals surface area contributed by atoms with Crippen LogP contribution >= 0.6 is 0 Å². The molecule has 0 saturated carbocycles. The van der Waals surface area contributed by atoms with Crippen LogP contribution in [0.5, 0.6) is 0 Å². The Bertz CT molecular complexity index is 849. The van der Waals surface area contributed by atoms with E-state index in [0.29, 0.717) is 25.1 Å². The Labute approximate surface area is 152 Å². The van der Waals surface area contributed by atoms with E-state index >= 15 is 0 Å². The maximum atomic E-state index is 13.1. The van der Waals surface area contributed by atoms with Gasteiger partial charge < -0.3 is 10.6 Å². The van der Waals surface area contributed by atoms with Gasteiger partial charge in [0.15, 0.2) is 0 Å². The van der Waals surface area contributed by atoms with E-state index in [2.05, 4.69) is 33.0 Å². The van der Waals surface area contributed by atoms with Crippen LogP contribution in [0.25, 0.3) is 0 Å². The number of anilines is 1. The summed E-state index contributed by atoms with van der Waals surface area (Å²) < 4.78 is 3.62. The van der Waals surface area contributed by atoms with E-state index in [1.54, 1.807) is 17.1 Å². The summed E-state index contributed by atoms with van der Waals surface area (Å²) in [5.41, 5.74) is 1.21. The van der Waals surface area contributed by atoms with Gasteiger partial charge in [-0.2, -0.15) is 10.2 Å². The zero-order valence-electron chi connectivity index (χ0n) is 14.5. The molecule has 0 aliphatic carbocycles. The molecule has 7 nitrogen and oxygen atoms in total. The molecule has 1 amide bonds. The number of carbonyl (C=O) groups is 1. The number of amides is 1. The average molecular weight is 350 g/mol. The fraction of sp³-hybridized carbons (Fsp3) is 0.316. The van der Waals surface area contributed by atoms with Crippen LogP contribution in [0.2, 0.25) is 0 Å². The number of hydrogen-bond acceptors (Lipinski definition) is 4. The van der Waals surface area contributed by atoms with E-state index < -0.39 is 5.54 Å². The number of carbonyl (C=O) groups excluding carboxylic acids is 1. The Morgan fingerprint density at radius 2 is 1.96 bits per heavy atom. The van der Waals surface area contributed by atoms with Crippen LogP contribution in [-0.2, 0) is 16.9 Å². The van der Waals surface area contributed by atoms with E-state index in [-0.39, 0.29) is 5.91 Å². The molecular weight excluding hydrogens is 328 g/mol. The minimum atomic E-state index is -0.656. The molecule has 0 atom stereocenters. The summed E-state index contributed by atoms with van der Waals surface area (Å²) in [6, 6.07) is 12.0. The van der Waals surface area contributed by atoms with Crippen molar-refractivity contribution in [3.63, 3.8) is 0 Å². The lowest BCUT2D eigenvalue weighted by atomic mass is 9.87. The minimum absolute atomic E-state index is 0.0399. The van der Waals surface area contributed by atoms with Gasteiger partial charge >= 0.3 is 0 Å². The van der Waals surface area contributed by atoms with Crippen LogP contribution in [0.4, 0.5) is 5.69 Å². The molecule has 0 spiro atoms. The molecule has 2 N–H and O–H groups in total. The van der Waals surface area contributed by atoms with Crippen LogP contribution in [0.15, 0.2) is 61.2 Å². The fourth-order valence-electron chi connectivity index (χ4n) is 3.46. The molecule has 0 radical (unpaired) electrons. The van der Waals surface area contributed by atoms with E-state index in [1.807, 2.05) is 41.3 Å². The molecule has 7 heteroatoms. The molecule has 3 aromatic rings. The predicted molar refractivity (Wildman–Crippen MR) is 98.7 cm³/mol. The zero-order valence-corrected chi connectivity index (χ0v) is 14.5. The lowest BCUT2D eigenvalue weighted by Gasteiger charge is -2.36. The van der Waals surface area contributed by atoms with E-state index in [0.717, 1.165) is 13.1 Å². The van der Waals surface area contributed by atoms with Crippen LogP contribution < -0.4 is 10.6 Å². The second kappa shape index (κ2) is 7.13. The third kappa shape index (κ3) is 3.25. The van der Waals surface area contributed by atoms with Crippen molar-refractivity contribution in [1.82, 2.24) is 24.9 Å². The summed E-state index contributed by atoms with van der Waals surface area (Å²) in [6.07, 6.45) is 8.55. The van der Waals surface area contributed by atoms with Gasteiger partial charge in [0.25, 0.3) is 5.91 Å². The maximum absolute atomic E-state index is 13.1. The molecule has 0 unspecified atom stereocenters. The predicted octanol–water partition coefficient (Wildman–Crippen LogP) is 1.85. The molecule has 1 aliphatic heterocycles. The van der Waals surface area contributed by atoms with E-state index in [1.165, 1.54) is 5.56 Å². The molecule has 2 aromatic heterocycles. The molecule has 1 aromatic carbocycles. The van der Waals surface area contributed by atoms with Crippen molar-refractivity contribution in [2.75, 3.05) is 18.4 Å². The van der Waals surface area contributed by atoms with Crippen LogP contribution in [-0.4, -0.2) is 38.6 Å². The highest BCUT2D eigenvalue weighted by Crippen LogP contribution is 2.28. The minimum Gasteiger partial charge on any atom is -0.321 e. The summed E-state index contributed by atoms with van der Waals surface area (Å²) in [6.45, 7) is 2.26. The van der Waals surface area contributed by atoms with Gasteiger partial charge in [0.1, 0.15) is 5.54 Å². The number of piperidine rings is 1. The van der Waals surface area contributed by atoms with Crippen LogP contribution in [0, 0.1) is 0 Å². The van der Waals surface area contributed by atoms with Gasteiger partial charge in [-0.25, -0.2) is 0 Å². The zero-order chi connectivity index (χ0) is 17.8. The molecule has 1 fully saturated rings. The highest BCUT2D eigenvalue weighted by molar-refractivity contribution is 5.96. The normalized spacial score (nSPS) is 16.3. The molecular formula is C19H22N6O. The van der Waals surface area contributed by atoms with Gasteiger partial charge in [-0.1, -0.05) is 30.3 Å². The Kier molecular flexibility index (Phi) is 4.53. The lowest BCUT2D eigenvalue weighted by molar-refractivity contribution is -0.126. The second-order valence-corrected chi connectivity index (χ2v) is 6.60. The van der Waals surface area contributed by atoms with Crippen molar-refractivity contribution in [1.29, 1.82) is 0 Å². The molecule has 4 rings (SSSR count). The van der Waals surface area contributed by atoms with E-state index in [4.69, 9.17) is 0 Å². The van der Waals surface area contributed by atoms with Gasteiger partial charge in [0, 0.05) is 18.6 Å². The Morgan fingerprint density at radius 3 is 2.69 bits per heavy atom. The maximum Gasteiger partial charge on any atom is 0.252 e. The molecule has 26 heavy (non-hydrogen) atoms. The number of aromatic nitrogens is 4. The van der Waals surface area contributed by atoms with Gasteiger partial charge in [0.05, 0.1) is 18.4 Å². The second-order valence-electron chi connectivity index (χ2n) is 6.60. The van der Waals surface area contributed by atoms with Crippen molar-refractivity contribution < 1.29 is 4.79 Å². The first-order chi connectivity index (χ1) is 12.8. The smallest absolute Gasteiger partial charge is 0.252 e. The van der Waals surface area contributed by atoms with Crippen molar-refractivity contribution in [3.8, 4) is 0 Å². The first kappa shape index (κ1) is 16.5. The number of benzene rings is 1. The summed E-state index contributed by atoms with van der Waals surface area (Å²) in [4.78, 5) is 13.1. The fourth-order valence-corrected chi connectivity index (χ4v) is 3.46. The molecule has 0 bridgehead atoms. The third-order valence-electron chi connectivity index (χ3n) is 4.87. The number of hydrogen-bond donors (Lipinski definition) is 2. The quantitative estimate of drug-likeness (QED) is 0.736. The molecule has 3 heterocycles. The summed E-state index contributed by atoms with van der Waals surface area (Å²) in [5.74, 6) is -0.0399. The van der Waals surface area contributed by atoms with Gasteiger partial charge in [-0.05, 0) is 37.6 Å². The topological polar surface area (TPSA) is 76.8 Å². The van der Waals surface area contributed by atoms with Crippen molar-refractivity contribution >= 4 is 11.6 Å². The van der Waals surface area contributed by atoms with Crippen LogP contribution in [0.1, 0.15) is 18.4 Å². The number of nitrogens with zero attached hydrogens (tertiary/aromatic N) is 4. The van der Waals surface area contributed by atoms with Crippen molar-refractivity contribution in [3.05, 3.63) is 66.7 Å². The molecule has 134 valence electrons. The first-order valence-corrected chi connectivity index (χ1v) is 8.85. The SMILES string of the molecule is O=C(Nc1cnn(Cc2ccccc2)c1)C1(n2cccn2)CCNCC1. The third-order valence-corrected chi connectivity index (χ3v) is 4.87. The Hall–Kier alpha value is -2.93. The highest BCUT2D eigenvalue weighted by atomic mass is 16.2. The molecule has 1 saturated heterocycles. The standard InChI is InChI=1S/C19H22N6O/c26-18(19(7-10-20-11-8-19)25-12-4-9-21-25)23-17-13-22-24(15-17)14-16-5-2-1-3-6-16/h1-6,9,12-13,15,20H,7-8,10-11,14H2,(H,23,26). The summed E-state index contributed by atoms with van der Waals surface area (Å²) in [5, 5.41) is 15.1. The van der Waals surface area contributed by atoms with Gasteiger partial charge in [-0.3, -0.25) is 14.2 Å². The van der Waals surface area contributed by atoms with E-state index in [9.17, 15) is 4.79 Å². The lowest BCUT2D eigenvalue weighted by Crippen LogP contribution is -2.52.